The van der Waals surface area contributed by atoms with Crippen molar-refractivity contribution >= 4 is 23.2 Å². The van der Waals surface area contributed by atoms with Crippen molar-refractivity contribution < 1.29 is 9.59 Å². The largest absolute Gasteiger partial charge is 0.352 e. The van der Waals surface area contributed by atoms with Crippen LogP contribution in [0.5, 0.6) is 0 Å². The normalized spacial score (nSPS) is 10.8. The van der Waals surface area contributed by atoms with Crippen LogP contribution < -0.4 is 10.6 Å². The van der Waals surface area contributed by atoms with E-state index in [1.54, 1.807) is 6.07 Å². The Kier molecular flexibility index (Phi) is 8.38. The molecule has 162 valence electrons. The quantitative estimate of drug-likeness (QED) is 0.467. The van der Waals surface area contributed by atoms with Crippen LogP contribution in [0.3, 0.4) is 0 Å². The van der Waals surface area contributed by atoms with Crippen molar-refractivity contribution in [3.8, 4) is 11.1 Å². The van der Waals surface area contributed by atoms with Crippen molar-refractivity contribution in [2.45, 2.75) is 25.9 Å². The number of amides is 2. The molecule has 2 N–H and O–H groups in total. The molecule has 3 aromatic rings. The summed E-state index contributed by atoms with van der Waals surface area (Å²) in [6, 6.07) is 20.3. The highest BCUT2D eigenvalue weighted by Gasteiger charge is 2.09. The molecule has 0 aliphatic heterocycles. The van der Waals surface area contributed by atoms with Gasteiger partial charge in [-0.2, -0.15) is 0 Å². The van der Waals surface area contributed by atoms with Crippen molar-refractivity contribution in [2.24, 2.45) is 0 Å². The molecule has 31 heavy (non-hydrogen) atoms. The Balaban J connectivity index is 1.48. The first-order valence-electron chi connectivity index (χ1n) is 10.4. The third-order valence-corrected chi connectivity index (χ3v) is 5.74. The number of hydrogen-bond acceptors (Lipinski definition) is 4. The molecule has 1 heterocycles. The minimum Gasteiger partial charge on any atom is -0.352 e. The fraction of sp³-hybridized carbons (Fsp3) is 0.280. The predicted octanol–water partition coefficient (Wildman–Crippen LogP) is 4.30. The third-order valence-electron chi connectivity index (χ3n) is 4.87. The molecule has 0 aliphatic carbocycles. The van der Waals surface area contributed by atoms with Gasteiger partial charge >= 0.3 is 0 Å². The van der Waals surface area contributed by atoms with Gasteiger partial charge in [0.05, 0.1) is 4.88 Å². The standard InChI is InChI=1S/C25H29N3O2S/c1-28(2)18-19-11-13-20(14-12-19)22-8-4-3-7-21(22)17-27-24(29)10-5-15-26-25(30)23-9-6-16-31-23/h3-4,6-9,11-14,16H,5,10,15,17-18H2,1-2H3,(H,26,30)(H,27,29). The minimum atomic E-state index is -0.0825. The van der Waals surface area contributed by atoms with Gasteiger partial charge in [-0.3, -0.25) is 9.59 Å². The van der Waals surface area contributed by atoms with Gasteiger partial charge in [-0.05, 0) is 54.2 Å². The van der Waals surface area contributed by atoms with Crippen LogP contribution >= 0.6 is 11.3 Å². The van der Waals surface area contributed by atoms with Gasteiger partial charge in [0, 0.05) is 26.1 Å². The van der Waals surface area contributed by atoms with Crippen LogP contribution in [0.25, 0.3) is 11.1 Å². The van der Waals surface area contributed by atoms with Crippen LogP contribution in [-0.2, 0) is 17.9 Å². The lowest BCUT2D eigenvalue weighted by Gasteiger charge is -2.13. The summed E-state index contributed by atoms with van der Waals surface area (Å²) in [6.45, 7) is 1.88. The van der Waals surface area contributed by atoms with Gasteiger partial charge in [-0.15, -0.1) is 11.3 Å². The Morgan fingerprint density at radius 3 is 2.42 bits per heavy atom. The third kappa shape index (κ3) is 7.05. The van der Waals surface area contributed by atoms with E-state index in [2.05, 4.69) is 60.0 Å². The molecule has 3 rings (SSSR count). The van der Waals surface area contributed by atoms with E-state index in [-0.39, 0.29) is 11.8 Å². The van der Waals surface area contributed by atoms with Crippen molar-refractivity contribution in [3.05, 3.63) is 82.0 Å². The Hall–Kier alpha value is -2.96. The monoisotopic (exact) mass is 435 g/mol. The summed E-state index contributed by atoms with van der Waals surface area (Å²) in [4.78, 5) is 27.0. The fourth-order valence-electron chi connectivity index (χ4n) is 3.34. The number of rotatable bonds is 10. The van der Waals surface area contributed by atoms with Crippen molar-refractivity contribution in [3.63, 3.8) is 0 Å². The molecular weight excluding hydrogens is 406 g/mol. The van der Waals surface area contributed by atoms with Gasteiger partial charge < -0.3 is 15.5 Å². The smallest absolute Gasteiger partial charge is 0.261 e. The Morgan fingerprint density at radius 1 is 0.935 bits per heavy atom. The zero-order valence-corrected chi connectivity index (χ0v) is 18.9. The highest BCUT2D eigenvalue weighted by atomic mass is 32.1. The summed E-state index contributed by atoms with van der Waals surface area (Å²) in [7, 11) is 4.12. The maximum atomic E-state index is 12.3. The van der Waals surface area contributed by atoms with Gasteiger partial charge in [0.2, 0.25) is 5.91 Å². The number of carbonyl (C=O) groups excluding carboxylic acids is 2. The number of benzene rings is 2. The zero-order chi connectivity index (χ0) is 22.1. The second kappa shape index (κ2) is 11.4. The number of carbonyl (C=O) groups is 2. The molecule has 0 bridgehead atoms. The van der Waals surface area contributed by atoms with E-state index in [0.29, 0.717) is 30.8 Å². The van der Waals surface area contributed by atoms with Crippen LogP contribution in [0.2, 0.25) is 0 Å². The first kappa shape index (κ1) is 22.7. The molecule has 5 nitrogen and oxygen atoms in total. The Bertz CT molecular complexity index is 982. The van der Waals surface area contributed by atoms with E-state index < -0.39 is 0 Å². The molecule has 2 amide bonds. The summed E-state index contributed by atoms with van der Waals surface area (Å²) < 4.78 is 0. The Morgan fingerprint density at radius 2 is 1.71 bits per heavy atom. The molecule has 0 atom stereocenters. The highest BCUT2D eigenvalue weighted by Crippen LogP contribution is 2.24. The van der Waals surface area contributed by atoms with E-state index in [1.165, 1.54) is 16.9 Å². The van der Waals surface area contributed by atoms with Gasteiger partial charge in [0.25, 0.3) is 5.91 Å². The maximum absolute atomic E-state index is 12.3. The van der Waals surface area contributed by atoms with Crippen LogP contribution in [0.15, 0.2) is 66.0 Å². The summed E-state index contributed by atoms with van der Waals surface area (Å²) in [5, 5.41) is 7.73. The molecule has 0 spiro atoms. The Labute approximate surface area is 188 Å². The highest BCUT2D eigenvalue weighted by molar-refractivity contribution is 7.12. The van der Waals surface area contributed by atoms with Crippen LogP contribution in [0, 0.1) is 0 Å². The summed E-state index contributed by atoms with van der Waals surface area (Å²) in [6.07, 6.45) is 0.990. The molecule has 1 aromatic heterocycles. The van der Waals surface area contributed by atoms with E-state index in [9.17, 15) is 9.59 Å². The lowest BCUT2D eigenvalue weighted by molar-refractivity contribution is -0.121. The van der Waals surface area contributed by atoms with Crippen LogP contribution in [0.4, 0.5) is 0 Å². The lowest BCUT2D eigenvalue weighted by atomic mass is 9.98. The number of nitrogens with zero attached hydrogens (tertiary/aromatic N) is 1. The first-order valence-corrected chi connectivity index (χ1v) is 11.3. The van der Waals surface area contributed by atoms with E-state index in [1.807, 2.05) is 29.6 Å². The SMILES string of the molecule is CN(C)Cc1ccc(-c2ccccc2CNC(=O)CCCNC(=O)c2cccs2)cc1. The summed E-state index contributed by atoms with van der Waals surface area (Å²) >= 11 is 1.41. The maximum Gasteiger partial charge on any atom is 0.261 e. The second-order valence-corrected chi connectivity index (χ2v) is 8.65. The van der Waals surface area contributed by atoms with Crippen molar-refractivity contribution in [1.29, 1.82) is 0 Å². The average molecular weight is 436 g/mol. The van der Waals surface area contributed by atoms with Crippen molar-refractivity contribution in [1.82, 2.24) is 15.5 Å². The molecule has 6 heteroatoms. The molecule has 0 saturated heterocycles. The number of nitrogens with one attached hydrogen (secondary N) is 2. The van der Waals surface area contributed by atoms with E-state index in [0.717, 1.165) is 23.2 Å². The molecule has 0 radical (unpaired) electrons. The molecule has 0 aliphatic rings. The summed E-state index contributed by atoms with van der Waals surface area (Å²) in [5.74, 6) is -0.0950. The van der Waals surface area contributed by atoms with Gasteiger partial charge in [-0.25, -0.2) is 0 Å². The molecule has 0 saturated carbocycles. The second-order valence-electron chi connectivity index (χ2n) is 7.71. The minimum absolute atomic E-state index is 0.0125. The first-order chi connectivity index (χ1) is 15.0. The zero-order valence-electron chi connectivity index (χ0n) is 18.1. The van der Waals surface area contributed by atoms with E-state index in [4.69, 9.17) is 0 Å². The number of thiophene rings is 1. The van der Waals surface area contributed by atoms with Crippen molar-refractivity contribution in [2.75, 3.05) is 20.6 Å². The molecule has 0 fully saturated rings. The molecule has 2 aromatic carbocycles. The lowest BCUT2D eigenvalue weighted by Crippen LogP contribution is -2.27. The topological polar surface area (TPSA) is 61.4 Å². The van der Waals surface area contributed by atoms with Gasteiger partial charge in [0.1, 0.15) is 0 Å². The molecule has 0 unspecified atom stereocenters. The van der Waals surface area contributed by atoms with E-state index >= 15 is 0 Å². The summed E-state index contributed by atoms with van der Waals surface area (Å²) in [5.41, 5.74) is 4.62. The van der Waals surface area contributed by atoms with Crippen LogP contribution in [-0.4, -0.2) is 37.4 Å². The average Bonchev–Trinajstić information content (AvgIpc) is 3.31. The van der Waals surface area contributed by atoms with Crippen LogP contribution in [0.1, 0.15) is 33.6 Å². The van der Waals surface area contributed by atoms with Gasteiger partial charge in [-0.1, -0.05) is 54.6 Å². The van der Waals surface area contributed by atoms with Gasteiger partial charge in [0.15, 0.2) is 0 Å². The fourth-order valence-corrected chi connectivity index (χ4v) is 3.98. The number of hydrogen-bond donors (Lipinski definition) is 2. The predicted molar refractivity (Wildman–Crippen MR) is 127 cm³/mol. The molecular formula is C25H29N3O2S.